The third kappa shape index (κ3) is 10.1. The molecule has 1 fully saturated rings. The van der Waals surface area contributed by atoms with Crippen LogP contribution in [-0.4, -0.2) is 37.1 Å². The molecule has 1 aliphatic carbocycles. The van der Waals surface area contributed by atoms with Crippen LogP contribution >= 0.6 is 11.6 Å². The van der Waals surface area contributed by atoms with E-state index in [1.54, 1.807) is 12.1 Å². The van der Waals surface area contributed by atoms with Crippen LogP contribution in [-0.2, 0) is 21.3 Å². The van der Waals surface area contributed by atoms with Gasteiger partial charge in [0.25, 0.3) is 16.0 Å². The molecule has 4 aromatic rings. The van der Waals surface area contributed by atoms with Crippen LogP contribution < -0.4 is 10.6 Å². The lowest BCUT2D eigenvalue weighted by Crippen LogP contribution is -2.28. The molecule has 1 atom stereocenters. The van der Waals surface area contributed by atoms with Crippen molar-refractivity contribution in [1.29, 1.82) is 0 Å². The van der Waals surface area contributed by atoms with Crippen LogP contribution in [0.3, 0.4) is 0 Å². The van der Waals surface area contributed by atoms with Gasteiger partial charge in [-0.3, -0.25) is 14.1 Å². The quantitative estimate of drug-likeness (QED) is 0.134. The Morgan fingerprint density at radius 2 is 1.52 bits per heavy atom. The highest BCUT2D eigenvalue weighted by Crippen LogP contribution is 2.43. The minimum absolute atomic E-state index is 0.133. The van der Waals surface area contributed by atoms with Crippen LogP contribution in [0.2, 0.25) is 5.02 Å². The number of aryl methyl sites for hydroxylation is 1. The van der Waals surface area contributed by atoms with E-state index in [1.165, 1.54) is 31.2 Å². The summed E-state index contributed by atoms with van der Waals surface area (Å²) in [5, 5.41) is 6.32. The predicted octanol–water partition coefficient (Wildman–Crippen LogP) is 9.22. The minimum atomic E-state index is -4.17. The first-order valence-corrected chi connectivity index (χ1v) is 19.2. The summed E-state index contributed by atoms with van der Waals surface area (Å²) in [4.78, 5) is 26.5. The first-order chi connectivity index (χ1) is 23.7. The van der Waals surface area contributed by atoms with E-state index in [4.69, 9.17) is 16.2 Å². The fourth-order valence-electron chi connectivity index (χ4n) is 6.99. The molecule has 0 aliphatic heterocycles. The van der Waals surface area contributed by atoms with E-state index in [-0.39, 0.29) is 12.5 Å². The van der Waals surface area contributed by atoms with E-state index in [1.807, 2.05) is 61.5 Å². The smallest absolute Gasteiger partial charge is 0.266 e. The normalized spacial score (nSPS) is 17.2. The second-order valence-electron chi connectivity index (χ2n) is 14.6. The van der Waals surface area contributed by atoms with Crippen molar-refractivity contribution in [2.24, 2.45) is 11.3 Å². The standard InChI is InChI=1S/C41H47ClN2O5S/c1-27-25-35(42)19-22-37(27)31-15-20-36(21-16-31)44-40(46)38(26-28-5-7-33(8-6-28)39(45)43-23-24-50(47,48)49)32-11-9-29(10-12-32)30-13-17-34(18-14-30)41(2,3)4/h5-12,15-16,19-22,25,30,34,38H,13-14,17-18,23-24,26H2,1-4H3,(H,43,45)(H,44,46)(H,47,48,49)/t30-,34-,38?. The first kappa shape index (κ1) is 37.3. The first-order valence-electron chi connectivity index (χ1n) is 17.3. The van der Waals surface area contributed by atoms with Crippen LogP contribution in [0.5, 0.6) is 0 Å². The highest BCUT2D eigenvalue weighted by molar-refractivity contribution is 7.85. The third-order valence-electron chi connectivity index (χ3n) is 10.0. The molecule has 1 aliphatic rings. The van der Waals surface area contributed by atoms with Gasteiger partial charge in [-0.15, -0.1) is 0 Å². The summed E-state index contributed by atoms with van der Waals surface area (Å²) >= 11 is 6.16. The molecule has 1 saturated carbocycles. The summed E-state index contributed by atoms with van der Waals surface area (Å²) in [7, 11) is -4.17. The number of nitrogens with one attached hydrogen (secondary N) is 2. The summed E-state index contributed by atoms with van der Waals surface area (Å²) in [6, 6.07) is 29.0. The molecule has 0 radical (unpaired) electrons. The van der Waals surface area contributed by atoms with Gasteiger partial charge in [-0.05, 0) is 126 Å². The molecule has 0 aromatic heterocycles. The van der Waals surface area contributed by atoms with Crippen molar-refractivity contribution in [2.75, 3.05) is 17.6 Å². The fourth-order valence-corrected chi connectivity index (χ4v) is 7.58. The molecule has 9 heteroatoms. The third-order valence-corrected chi connectivity index (χ3v) is 11.0. The zero-order valence-corrected chi connectivity index (χ0v) is 30.8. The Hall–Kier alpha value is -3.98. The van der Waals surface area contributed by atoms with Crippen LogP contribution in [0.1, 0.15) is 90.9 Å². The number of hydrogen-bond donors (Lipinski definition) is 3. The average Bonchev–Trinajstić information content (AvgIpc) is 3.07. The van der Waals surface area contributed by atoms with E-state index >= 15 is 0 Å². The highest BCUT2D eigenvalue weighted by atomic mass is 35.5. The van der Waals surface area contributed by atoms with Crippen LogP contribution in [0, 0.1) is 18.3 Å². The lowest BCUT2D eigenvalue weighted by atomic mass is 9.68. The van der Waals surface area contributed by atoms with Gasteiger partial charge in [0.1, 0.15) is 0 Å². The zero-order chi connectivity index (χ0) is 36.1. The second kappa shape index (κ2) is 15.9. The van der Waals surface area contributed by atoms with Gasteiger partial charge >= 0.3 is 0 Å². The molecule has 5 rings (SSSR count). The van der Waals surface area contributed by atoms with Gasteiger partial charge in [0.05, 0.1) is 11.7 Å². The molecular formula is C41H47ClN2O5S. The summed E-state index contributed by atoms with van der Waals surface area (Å²) in [6.45, 7) is 8.83. The lowest BCUT2D eigenvalue weighted by molar-refractivity contribution is -0.117. The van der Waals surface area contributed by atoms with Crippen molar-refractivity contribution in [1.82, 2.24) is 5.32 Å². The summed E-state index contributed by atoms with van der Waals surface area (Å²) < 4.78 is 30.9. The van der Waals surface area contributed by atoms with E-state index in [2.05, 4.69) is 55.7 Å². The van der Waals surface area contributed by atoms with Crippen LogP contribution in [0.15, 0.2) is 91.0 Å². The van der Waals surface area contributed by atoms with Gasteiger partial charge < -0.3 is 10.6 Å². The number of carbonyl (C=O) groups excluding carboxylic acids is 2. The molecule has 1 unspecified atom stereocenters. The van der Waals surface area contributed by atoms with Crippen molar-refractivity contribution in [2.45, 2.75) is 71.6 Å². The van der Waals surface area contributed by atoms with Crippen LogP contribution in [0.25, 0.3) is 11.1 Å². The molecule has 3 N–H and O–H groups in total. The van der Waals surface area contributed by atoms with Gasteiger partial charge in [0, 0.05) is 22.8 Å². The van der Waals surface area contributed by atoms with Crippen molar-refractivity contribution >= 4 is 39.2 Å². The summed E-state index contributed by atoms with van der Waals surface area (Å²) in [5.41, 5.74) is 7.66. The Kier molecular flexibility index (Phi) is 11.9. The largest absolute Gasteiger partial charge is 0.351 e. The molecule has 0 heterocycles. The fraction of sp³-hybridized carbons (Fsp3) is 0.366. The van der Waals surface area contributed by atoms with E-state index in [0.29, 0.717) is 34.0 Å². The van der Waals surface area contributed by atoms with Gasteiger partial charge in [-0.1, -0.05) is 87.0 Å². The molecular weight excluding hydrogens is 668 g/mol. The van der Waals surface area contributed by atoms with E-state index in [0.717, 1.165) is 33.7 Å². The number of anilines is 1. The summed E-state index contributed by atoms with van der Waals surface area (Å²) in [6.07, 6.45) is 5.21. The Morgan fingerprint density at radius 1 is 0.880 bits per heavy atom. The molecule has 7 nitrogen and oxygen atoms in total. The van der Waals surface area contributed by atoms with Crippen molar-refractivity contribution < 1.29 is 22.6 Å². The predicted molar refractivity (Wildman–Crippen MR) is 202 cm³/mol. The lowest BCUT2D eigenvalue weighted by Gasteiger charge is -2.37. The van der Waals surface area contributed by atoms with E-state index < -0.39 is 27.7 Å². The Labute approximate surface area is 301 Å². The SMILES string of the molecule is Cc1cc(Cl)ccc1-c1ccc(NC(=O)C(Cc2ccc(C(=O)NCCS(=O)(=O)O)cc2)c2ccc([C@H]3CC[C@H](C(C)(C)C)CC3)cc2)cc1. The molecule has 264 valence electrons. The van der Waals surface area contributed by atoms with Gasteiger partial charge in [-0.25, -0.2) is 0 Å². The topological polar surface area (TPSA) is 113 Å². The highest BCUT2D eigenvalue weighted by Gasteiger charge is 2.30. The zero-order valence-electron chi connectivity index (χ0n) is 29.2. The molecule has 0 saturated heterocycles. The average molecular weight is 715 g/mol. The Bertz CT molecular complexity index is 1890. The number of hydrogen-bond acceptors (Lipinski definition) is 4. The molecule has 0 bridgehead atoms. The Morgan fingerprint density at radius 3 is 2.10 bits per heavy atom. The molecule has 2 amide bonds. The minimum Gasteiger partial charge on any atom is -0.351 e. The van der Waals surface area contributed by atoms with Crippen molar-refractivity contribution in [3.63, 3.8) is 0 Å². The van der Waals surface area contributed by atoms with Gasteiger partial charge in [-0.2, -0.15) is 8.42 Å². The number of amides is 2. The number of halogens is 1. The maximum atomic E-state index is 14.0. The van der Waals surface area contributed by atoms with Crippen LogP contribution in [0.4, 0.5) is 5.69 Å². The monoisotopic (exact) mass is 714 g/mol. The van der Waals surface area contributed by atoms with Crippen molar-refractivity contribution in [3.05, 3.63) is 124 Å². The van der Waals surface area contributed by atoms with Gasteiger partial charge in [0.15, 0.2) is 0 Å². The van der Waals surface area contributed by atoms with Crippen molar-refractivity contribution in [3.8, 4) is 11.1 Å². The van der Waals surface area contributed by atoms with E-state index in [9.17, 15) is 18.0 Å². The Balaban J connectivity index is 1.33. The molecule has 50 heavy (non-hydrogen) atoms. The van der Waals surface area contributed by atoms with Gasteiger partial charge in [0.2, 0.25) is 5.91 Å². The summed E-state index contributed by atoms with van der Waals surface area (Å²) in [5.74, 6) is -0.370. The second-order valence-corrected chi connectivity index (χ2v) is 16.6. The molecule has 0 spiro atoms. The number of benzene rings is 4. The maximum absolute atomic E-state index is 14.0. The number of carbonyl (C=O) groups is 2. The maximum Gasteiger partial charge on any atom is 0.266 e. The molecule has 4 aromatic carbocycles. The number of rotatable bonds is 11.